The molecule has 1 fully saturated rings. The van der Waals surface area contributed by atoms with Crippen LogP contribution in [0.1, 0.15) is 6.42 Å². The molecule has 0 spiro atoms. The molecule has 166 valence electrons. The normalized spacial score (nSPS) is 14.7. The number of nitrogens with two attached hydrogens (primary N) is 1. The van der Waals surface area contributed by atoms with Gasteiger partial charge in [-0.25, -0.2) is 0 Å². The van der Waals surface area contributed by atoms with Crippen molar-refractivity contribution >= 4 is 28.3 Å². The number of anilines is 1. The van der Waals surface area contributed by atoms with E-state index in [1.54, 1.807) is 32.5 Å². The Bertz CT molecular complexity index is 1050. The van der Waals surface area contributed by atoms with Crippen molar-refractivity contribution < 1.29 is 18.9 Å². The van der Waals surface area contributed by atoms with Crippen LogP contribution in [0, 0.1) is 0 Å². The Labute approximate surface area is 185 Å². The molecule has 0 aliphatic carbocycles. The first-order chi connectivity index (χ1) is 15.1. The Morgan fingerprint density at radius 3 is 2.65 bits per heavy atom. The molecule has 0 radical (unpaired) electrons. The summed E-state index contributed by atoms with van der Waals surface area (Å²) in [5, 5.41) is 1.13. The lowest BCUT2D eigenvalue weighted by Crippen LogP contribution is -2.37. The van der Waals surface area contributed by atoms with Crippen LogP contribution in [0.5, 0.6) is 17.5 Å². The zero-order chi connectivity index (χ0) is 21.8. The van der Waals surface area contributed by atoms with Crippen LogP contribution >= 0.6 is 11.6 Å². The largest absolute Gasteiger partial charge is 0.493 e. The van der Waals surface area contributed by atoms with Crippen molar-refractivity contribution in [2.24, 2.45) is 0 Å². The minimum Gasteiger partial charge on any atom is -0.493 e. The first-order valence-corrected chi connectivity index (χ1v) is 10.5. The van der Waals surface area contributed by atoms with Crippen molar-refractivity contribution in [1.29, 1.82) is 0 Å². The number of rotatable bonds is 8. The molecular weight excluding hydrogens is 422 g/mol. The Hall–Kier alpha value is -2.75. The van der Waals surface area contributed by atoms with Crippen molar-refractivity contribution in [2.45, 2.75) is 6.42 Å². The number of benzene rings is 1. The smallest absolute Gasteiger partial charge is 0.318 e. The van der Waals surface area contributed by atoms with Crippen molar-refractivity contribution in [3.05, 3.63) is 23.4 Å². The predicted octanol–water partition coefficient (Wildman–Crippen LogP) is 2.98. The summed E-state index contributed by atoms with van der Waals surface area (Å²) in [6.07, 6.45) is 2.54. The SMILES string of the molecule is COc1cc(Cl)c(-c2nc(OCCCN3CCOCC3)nc3[nH]cc(N)c23)cc1OC. The molecule has 0 bridgehead atoms. The van der Waals surface area contributed by atoms with E-state index < -0.39 is 0 Å². The number of aromatic nitrogens is 3. The number of H-pyrrole nitrogens is 1. The first kappa shape index (κ1) is 21.5. The number of aromatic amines is 1. The van der Waals surface area contributed by atoms with Gasteiger partial charge in [-0.15, -0.1) is 0 Å². The number of methoxy groups -OCH3 is 2. The van der Waals surface area contributed by atoms with Gasteiger partial charge < -0.3 is 29.7 Å². The monoisotopic (exact) mass is 447 g/mol. The molecule has 0 atom stereocenters. The second-order valence-corrected chi connectivity index (χ2v) is 7.57. The number of fused-ring (bicyclic) bond motifs is 1. The van der Waals surface area contributed by atoms with Gasteiger partial charge >= 0.3 is 6.01 Å². The summed E-state index contributed by atoms with van der Waals surface area (Å²) >= 11 is 6.55. The van der Waals surface area contributed by atoms with Crippen LogP contribution in [-0.2, 0) is 4.74 Å². The molecule has 10 heteroatoms. The van der Waals surface area contributed by atoms with Gasteiger partial charge in [-0.1, -0.05) is 11.6 Å². The number of ether oxygens (including phenoxy) is 4. The van der Waals surface area contributed by atoms with Gasteiger partial charge in [-0.2, -0.15) is 9.97 Å². The molecule has 0 amide bonds. The van der Waals surface area contributed by atoms with E-state index in [2.05, 4.69) is 19.9 Å². The van der Waals surface area contributed by atoms with Gasteiger partial charge in [0.25, 0.3) is 0 Å². The highest BCUT2D eigenvalue weighted by Crippen LogP contribution is 2.41. The number of nitrogens with zero attached hydrogens (tertiary/aromatic N) is 3. The van der Waals surface area contributed by atoms with Gasteiger partial charge in [-0.05, 0) is 12.5 Å². The highest BCUT2D eigenvalue weighted by molar-refractivity contribution is 6.34. The Morgan fingerprint density at radius 2 is 1.90 bits per heavy atom. The maximum absolute atomic E-state index is 6.55. The van der Waals surface area contributed by atoms with Gasteiger partial charge in [0.15, 0.2) is 11.5 Å². The minimum absolute atomic E-state index is 0.261. The fourth-order valence-electron chi connectivity index (χ4n) is 3.61. The second-order valence-electron chi connectivity index (χ2n) is 7.17. The predicted molar refractivity (Wildman–Crippen MR) is 119 cm³/mol. The molecule has 0 saturated carbocycles. The van der Waals surface area contributed by atoms with E-state index in [0.717, 1.165) is 39.3 Å². The van der Waals surface area contributed by atoms with Crippen LogP contribution in [-0.4, -0.2) is 73.5 Å². The van der Waals surface area contributed by atoms with Crippen molar-refractivity contribution in [2.75, 3.05) is 59.4 Å². The molecule has 3 heterocycles. The first-order valence-electron chi connectivity index (χ1n) is 10.1. The molecule has 1 aliphatic heterocycles. The maximum Gasteiger partial charge on any atom is 0.318 e. The molecule has 31 heavy (non-hydrogen) atoms. The lowest BCUT2D eigenvalue weighted by Gasteiger charge is -2.26. The number of hydrogen-bond acceptors (Lipinski definition) is 8. The summed E-state index contributed by atoms with van der Waals surface area (Å²) in [7, 11) is 3.13. The molecule has 3 aromatic rings. The van der Waals surface area contributed by atoms with Crippen LogP contribution in [0.4, 0.5) is 5.69 Å². The lowest BCUT2D eigenvalue weighted by atomic mass is 10.1. The van der Waals surface area contributed by atoms with Crippen LogP contribution in [0.15, 0.2) is 18.3 Å². The van der Waals surface area contributed by atoms with Gasteiger partial charge in [0.1, 0.15) is 5.65 Å². The second kappa shape index (κ2) is 9.59. The highest BCUT2D eigenvalue weighted by atomic mass is 35.5. The number of morpholine rings is 1. The van der Waals surface area contributed by atoms with E-state index in [1.165, 1.54) is 0 Å². The van der Waals surface area contributed by atoms with Crippen molar-refractivity contribution in [1.82, 2.24) is 19.9 Å². The summed E-state index contributed by atoms with van der Waals surface area (Å²) in [6.45, 7) is 4.90. The quantitative estimate of drug-likeness (QED) is 0.507. The van der Waals surface area contributed by atoms with E-state index in [-0.39, 0.29) is 6.01 Å². The van der Waals surface area contributed by atoms with Gasteiger partial charge in [0, 0.05) is 37.5 Å². The summed E-state index contributed by atoms with van der Waals surface area (Å²) < 4.78 is 22.0. The molecule has 0 unspecified atom stereocenters. The van der Waals surface area contributed by atoms with E-state index in [0.29, 0.717) is 51.1 Å². The zero-order valence-electron chi connectivity index (χ0n) is 17.6. The van der Waals surface area contributed by atoms with E-state index in [4.69, 9.17) is 36.3 Å². The van der Waals surface area contributed by atoms with E-state index in [1.807, 2.05) is 0 Å². The maximum atomic E-state index is 6.55. The Balaban J connectivity index is 1.60. The zero-order valence-corrected chi connectivity index (χ0v) is 18.4. The van der Waals surface area contributed by atoms with Gasteiger partial charge in [-0.3, -0.25) is 4.90 Å². The van der Waals surface area contributed by atoms with Crippen molar-refractivity contribution in [3.63, 3.8) is 0 Å². The molecule has 9 nitrogen and oxygen atoms in total. The molecular formula is C21H26ClN5O4. The lowest BCUT2D eigenvalue weighted by molar-refractivity contribution is 0.0356. The van der Waals surface area contributed by atoms with Crippen LogP contribution in [0.2, 0.25) is 5.02 Å². The fourth-order valence-corrected chi connectivity index (χ4v) is 3.85. The number of nitrogen functional groups attached to an aromatic ring is 1. The van der Waals surface area contributed by atoms with Crippen LogP contribution < -0.4 is 19.9 Å². The molecule has 4 rings (SSSR count). The third-order valence-corrected chi connectivity index (χ3v) is 5.54. The third-order valence-electron chi connectivity index (χ3n) is 5.22. The topological polar surface area (TPSA) is 108 Å². The van der Waals surface area contributed by atoms with Gasteiger partial charge in [0.2, 0.25) is 0 Å². The number of hydrogen-bond donors (Lipinski definition) is 2. The average Bonchev–Trinajstić information content (AvgIpc) is 3.17. The van der Waals surface area contributed by atoms with E-state index in [9.17, 15) is 0 Å². The number of nitrogens with one attached hydrogen (secondary N) is 1. The average molecular weight is 448 g/mol. The summed E-state index contributed by atoms with van der Waals surface area (Å²) in [6, 6.07) is 3.73. The molecule has 1 saturated heterocycles. The third kappa shape index (κ3) is 4.63. The summed E-state index contributed by atoms with van der Waals surface area (Å²) in [5.41, 5.74) is 8.50. The Morgan fingerprint density at radius 1 is 1.16 bits per heavy atom. The van der Waals surface area contributed by atoms with Crippen LogP contribution in [0.25, 0.3) is 22.3 Å². The van der Waals surface area contributed by atoms with Crippen LogP contribution in [0.3, 0.4) is 0 Å². The fraction of sp³-hybridized carbons (Fsp3) is 0.429. The highest BCUT2D eigenvalue weighted by Gasteiger charge is 2.20. The minimum atomic E-state index is 0.261. The molecule has 2 aromatic heterocycles. The summed E-state index contributed by atoms with van der Waals surface area (Å²) in [5.74, 6) is 1.07. The number of halogens is 1. The standard InChI is InChI=1S/C21H26ClN5O4/c1-28-16-10-13(14(22)11-17(16)29-2)19-18-15(23)12-24-20(18)26-21(25-19)31-7-3-4-27-5-8-30-9-6-27/h10-12H,3-9,23H2,1-2H3,(H,24,25,26). The van der Waals surface area contributed by atoms with Gasteiger partial charge in [0.05, 0.1) is 55.8 Å². The molecule has 3 N–H and O–H groups in total. The molecule has 1 aromatic carbocycles. The summed E-state index contributed by atoms with van der Waals surface area (Å²) in [4.78, 5) is 14.5. The Kier molecular flexibility index (Phi) is 6.64. The van der Waals surface area contributed by atoms with E-state index >= 15 is 0 Å². The molecule has 1 aliphatic rings. The van der Waals surface area contributed by atoms with Crippen molar-refractivity contribution in [3.8, 4) is 28.8 Å².